The van der Waals surface area contributed by atoms with E-state index in [-0.39, 0.29) is 18.9 Å². The number of carbonyl (C=O) groups is 3. The Morgan fingerprint density at radius 1 is 1.12 bits per heavy atom. The number of aromatic nitrogens is 1. The molecule has 10 nitrogen and oxygen atoms in total. The fourth-order valence-corrected chi connectivity index (χ4v) is 3.08. The van der Waals surface area contributed by atoms with Gasteiger partial charge in [-0.1, -0.05) is 13.8 Å². The molecule has 33 heavy (non-hydrogen) atoms. The summed E-state index contributed by atoms with van der Waals surface area (Å²) in [5, 5.41) is 9.75. The highest BCUT2D eigenvalue weighted by Gasteiger charge is 2.36. The summed E-state index contributed by atoms with van der Waals surface area (Å²) >= 11 is 0. The van der Waals surface area contributed by atoms with Crippen molar-refractivity contribution in [2.75, 3.05) is 27.8 Å². The molecule has 1 N–H and O–H groups in total. The van der Waals surface area contributed by atoms with Gasteiger partial charge in [-0.25, -0.2) is 14.6 Å². The van der Waals surface area contributed by atoms with Crippen molar-refractivity contribution >= 4 is 18.0 Å². The van der Waals surface area contributed by atoms with Crippen LogP contribution in [0.5, 0.6) is 11.6 Å². The molecule has 0 radical (unpaired) electrons. The number of ether oxygens (including phenoxy) is 3. The van der Waals surface area contributed by atoms with E-state index in [1.807, 2.05) is 13.8 Å². The highest BCUT2D eigenvalue weighted by atomic mass is 16.6. The number of carbonyl (C=O) groups excluding carboxylic acids is 2. The van der Waals surface area contributed by atoms with Gasteiger partial charge in [0.2, 0.25) is 11.8 Å². The second kappa shape index (κ2) is 12.3. The van der Waals surface area contributed by atoms with Gasteiger partial charge in [-0.3, -0.25) is 9.69 Å². The van der Waals surface area contributed by atoms with Gasteiger partial charge in [0.1, 0.15) is 23.4 Å². The molecule has 0 spiro atoms. The number of rotatable bonds is 11. The molecule has 2 amide bonds. The molecule has 0 aliphatic rings. The zero-order valence-corrected chi connectivity index (χ0v) is 20.8. The fourth-order valence-electron chi connectivity index (χ4n) is 3.08. The van der Waals surface area contributed by atoms with E-state index in [2.05, 4.69) is 4.98 Å². The first kappa shape index (κ1) is 28.0. The van der Waals surface area contributed by atoms with Crippen molar-refractivity contribution in [3.63, 3.8) is 0 Å². The summed E-state index contributed by atoms with van der Waals surface area (Å²) in [6.45, 7) is 9.12. The van der Waals surface area contributed by atoms with Gasteiger partial charge in [0.15, 0.2) is 0 Å². The largest absolute Gasteiger partial charge is 0.493 e. The molecule has 0 aliphatic carbocycles. The van der Waals surface area contributed by atoms with Crippen LogP contribution in [0.1, 0.15) is 47.5 Å². The van der Waals surface area contributed by atoms with Crippen molar-refractivity contribution in [3.8, 4) is 11.6 Å². The molecule has 0 bridgehead atoms. The fraction of sp³-hybridized carbons (Fsp3) is 0.652. The van der Waals surface area contributed by atoms with E-state index in [4.69, 9.17) is 14.2 Å². The first-order valence-corrected chi connectivity index (χ1v) is 10.8. The first-order valence-electron chi connectivity index (χ1n) is 10.8. The lowest BCUT2D eigenvalue weighted by Crippen LogP contribution is -2.54. The third kappa shape index (κ3) is 9.15. The molecule has 1 unspecified atom stereocenters. The quantitative estimate of drug-likeness (QED) is 0.527. The summed E-state index contributed by atoms with van der Waals surface area (Å²) in [5.74, 6) is -0.705. The molecule has 1 aromatic rings. The van der Waals surface area contributed by atoms with Crippen LogP contribution in [0.2, 0.25) is 0 Å². The average molecular weight is 468 g/mol. The Balaban J connectivity index is 2.94. The van der Waals surface area contributed by atoms with Gasteiger partial charge < -0.3 is 24.2 Å². The van der Waals surface area contributed by atoms with E-state index in [9.17, 15) is 19.5 Å². The zero-order valence-electron chi connectivity index (χ0n) is 20.8. The van der Waals surface area contributed by atoms with Crippen LogP contribution < -0.4 is 9.47 Å². The SMILES string of the molecule is COc1cc(OCCC(C(=O)O)N(C)C(=O)[C@H](CC(C)C)N(C)C(=O)OC(C)(C)C)ccn1. The number of pyridine rings is 1. The summed E-state index contributed by atoms with van der Waals surface area (Å²) < 4.78 is 16.1. The first-order chi connectivity index (χ1) is 15.3. The molecule has 1 rings (SSSR count). The van der Waals surface area contributed by atoms with Crippen LogP contribution in [0.3, 0.4) is 0 Å². The summed E-state index contributed by atoms with van der Waals surface area (Å²) in [6, 6.07) is 1.21. The second-order valence-corrected chi connectivity index (χ2v) is 9.21. The zero-order chi connectivity index (χ0) is 25.3. The van der Waals surface area contributed by atoms with Crippen molar-refractivity contribution in [1.82, 2.24) is 14.8 Å². The number of nitrogens with zero attached hydrogens (tertiary/aromatic N) is 3. The Morgan fingerprint density at radius 2 is 1.76 bits per heavy atom. The maximum absolute atomic E-state index is 13.3. The van der Waals surface area contributed by atoms with E-state index in [0.29, 0.717) is 18.1 Å². The van der Waals surface area contributed by atoms with Gasteiger partial charge in [-0.15, -0.1) is 0 Å². The number of aliphatic carboxylic acids is 1. The molecule has 0 saturated heterocycles. The number of methoxy groups -OCH3 is 1. The summed E-state index contributed by atoms with van der Waals surface area (Å²) in [5.41, 5.74) is -0.723. The number of hydrogen-bond acceptors (Lipinski definition) is 7. The summed E-state index contributed by atoms with van der Waals surface area (Å²) in [4.78, 5) is 44.2. The minimum atomic E-state index is -1.16. The minimum absolute atomic E-state index is 0.0484. The van der Waals surface area contributed by atoms with E-state index >= 15 is 0 Å². The Kier molecular flexibility index (Phi) is 10.4. The predicted molar refractivity (Wildman–Crippen MR) is 122 cm³/mol. The standard InChI is InChI=1S/C23H37N3O7/c1-15(2)13-18(26(7)22(30)33-23(3,4)5)20(27)25(6)17(21(28)29)10-12-32-16-9-11-24-19(14-16)31-8/h9,11,14-15,17-18H,10,12-13H2,1-8H3,(H,28,29)/t17?,18-/m0/s1. The highest BCUT2D eigenvalue weighted by molar-refractivity contribution is 5.89. The second-order valence-electron chi connectivity index (χ2n) is 9.21. The number of hydrogen-bond donors (Lipinski definition) is 1. The lowest BCUT2D eigenvalue weighted by Gasteiger charge is -2.35. The molecule has 0 saturated carbocycles. The molecule has 0 fully saturated rings. The Hall–Kier alpha value is -3.04. The topological polar surface area (TPSA) is 118 Å². The van der Waals surface area contributed by atoms with Crippen LogP contribution in [-0.4, -0.2) is 83.4 Å². The molecule has 186 valence electrons. The van der Waals surface area contributed by atoms with Crippen LogP contribution in [0.25, 0.3) is 0 Å². The summed E-state index contributed by atoms with van der Waals surface area (Å²) in [7, 11) is 4.39. The Morgan fingerprint density at radius 3 is 2.27 bits per heavy atom. The normalized spacial score (nSPS) is 13.1. The van der Waals surface area contributed by atoms with Crippen LogP contribution in [-0.2, 0) is 14.3 Å². The predicted octanol–water partition coefficient (Wildman–Crippen LogP) is 3.05. The van der Waals surface area contributed by atoms with Gasteiger partial charge in [-0.2, -0.15) is 0 Å². The van der Waals surface area contributed by atoms with Crippen LogP contribution in [0.4, 0.5) is 4.79 Å². The van der Waals surface area contributed by atoms with Crippen molar-refractivity contribution < 1.29 is 33.7 Å². The maximum atomic E-state index is 13.3. The molecule has 1 heterocycles. The third-order valence-electron chi connectivity index (χ3n) is 4.80. The monoisotopic (exact) mass is 467 g/mol. The van der Waals surface area contributed by atoms with Crippen LogP contribution >= 0.6 is 0 Å². The average Bonchev–Trinajstić information content (AvgIpc) is 2.72. The smallest absolute Gasteiger partial charge is 0.410 e. The third-order valence-corrected chi connectivity index (χ3v) is 4.80. The van der Waals surface area contributed by atoms with Crippen molar-refractivity contribution in [1.29, 1.82) is 0 Å². The lowest BCUT2D eigenvalue weighted by molar-refractivity contribution is -0.151. The number of carboxylic acid groups (broad SMARTS) is 1. The van der Waals surface area contributed by atoms with Gasteiger partial charge in [0.05, 0.1) is 13.7 Å². The molecule has 0 aromatic carbocycles. The van der Waals surface area contributed by atoms with Crippen LogP contribution in [0, 0.1) is 5.92 Å². The van der Waals surface area contributed by atoms with Gasteiger partial charge in [-0.05, 0) is 39.2 Å². The number of amides is 2. The maximum Gasteiger partial charge on any atom is 0.410 e. The van der Waals surface area contributed by atoms with E-state index in [0.717, 1.165) is 4.90 Å². The molecular weight excluding hydrogens is 430 g/mol. The van der Waals surface area contributed by atoms with E-state index < -0.39 is 35.7 Å². The van der Waals surface area contributed by atoms with Crippen molar-refractivity contribution in [2.45, 2.75) is 65.1 Å². The van der Waals surface area contributed by atoms with Gasteiger partial charge in [0.25, 0.3) is 0 Å². The molecule has 0 aliphatic heterocycles. The minimum Gasteiger partial charge on any atom is -0.493 e. The van der Waals surface area contributed by atoms with Gasteiger partial charge >= 0.3 is 12.1 Å². The Bertz CT molecular complexity index is 807. The number of carboxylic acids is 1. The van der Waals surface area contributed by atoms with Crippen LogP contribution in [0.15, 0.2) is 18.3 Å². The van der Waals surface area contributed by atoms with E-state index in [1.165, 1.54) is 32.3 Å². The number of likely N-dealkylation sites (N-methyl/N-ethyl adjacent to an activating group) is 2. The molecule has 1 aromatic heterocycles. The summed E-state index contributed by atoms with van der Waals surface area (Å²) in [6.07, 6.45) is 1.28. The van der Waals surface area contributed by atoms with E-state index in [1.54, 1.807) is 32.9 Å². The van der Waals surface area contributed by atoms with Crippen molar-refractivity contribution in [3.05, 3.63) is 18.3 Å². The van der Waals surface area contributed by atoms with Crippen molar-refractivity contribution in [2.24, 2.45) is 5.92 Å². The molecule has 2 atom stereocenters. The molecular formula is C23H37N3O7. The Labute approximate surface area is 195 Å². The lowest BCUT2D eigenvalue weighted by atomic mass is 10.0. The highest BCUT2D eigenvalue weighted by Crippen LogP contribution is 2.20. The van der Waals surface area contributed by atoms with Gasteiger partial charge in [0, 0.05) is 32.8 Å². The molecule has 10 heteroatoms.